The van der Waals surface area contributed by atoms with E-state index in [4.69, 9.17) is 0 Å². The molecule has 0 radical (unpaired) electrons. The topological polar surface area (TPSA) is 63.2 Å². The molecule has 5 heteroatoms. The highest BCUT2D eigenvalue weighted by Gasteiger charge is 2.53. The van der Waals surface area contributed by atoms with Gasteiger partial charge in [0.1, 0.15) is 5.78 Å². The maximum absolute atomic E-state index is 12.2. The van der Waals surface area contributed by atoms with E-state index in [1.165, 1.54) is 31.8 Å². The molecule has 0 aromatic heterocycles. The Morgan fingerprint density at radius 1 is 1.08 bits per heavy atom. The van der Waals surface area contributed by atoms with Crippen LogP contribution >= 0.6 is 11.8 Å². The minimum atomic E-state index is -0.274. The number of hydrogen-bond donors (Lipinski definition) is 1. The molecule has 25 heavy (non-hydrogen) atoms. The third kappa shape index (κ3) is 6.96. The molecule has 0 saturated heterocycles. The van der Waals surface area contributed by atoms with E-state index in [0.717, 1.165) is 24.6 Å². The lowest BCUT2D eigenvalue weighted by atomic mass is 9.54. The Bertz CT molecular complexity index is 499. The Labute approximate surface area is 156 Å². The second-order valence-corrected chi connectivity index (χ2v) is 8.48. The SMILES string of the molecule is CCCCCCCCNC(=O)/C=C\SC(=O)C1CC(C(C)=O)C1(C)C. The molecule has 1 aliphatic carbocycles. The molecule has 1 aliphatic rings. The molecule has 0 spiro atoms. The van der Waals surface area contributed by atoms with Gasteiger partial charge in [0.2, 0.25) is 5.91 Å². The molecule has 0 heterocycles. The molecule has 1 saturated carbocycles. The standard InChI is InChI=1S/C20H33NO3S/c1-5-6-7-8-9-10-12-21-18(23)11-13-25-19(24)17-14-16(15(2)22)20(17,3)4/h11,13,16-17H,5-10,12,14H2,1-4H3,(H,21,23)/b13-11-. The predicted octanol–water partition coefficient (Wildman–Crippen LogP) is 4.49. The molecule has 1 fully saturated rings. The average Bonchev–Trinajstić information content (AvgIpc) is 2.52. The van der Waals surface area contributed by atoms with Crippen LogP contribution in [0.25, 0.3) is 0 Å². The molecule has 2 atom stereocenters. The van der Waals surface area contributed by atoms with Gasteiger partial charge in [-0.25, -0.2) is 0 Å². The van der Waals surface area contributed by atoms with Crippen LogP contribution in [-0.2, 0) is 14.4 Å². The quantitative estimate of drug-likeness (QED) is 0.432. The number of unbranched alkanes of at least 4 members (excludes halogenated alkanes) is 5. The molecule has 1 rings (SSSR count). The summed E-state index contributed by atoms with van der Waals surface area (Å²) in [5, 5.41) is 4.46. The van der Waals surface area contributed by atoms with E-state index in [9.17, 15) is 14.4 Å². The molecule has 0 aliphatic heterocycles. The van der Waals surface area contributed by atoms with Crippen molar-refractivity contribution >= 4 is 28.6 Å². The van der Waals surface area contributed by atoms with Crippen LogP contribution in [0.15, 0.2) is 11.5 Å². The van der Waals surface area contributed by atoms with Gasteiger partial charge in [0.15, 0.2) is 5.12 Å². The first-order valence-corrected chi connectivity index (χ1v) is 10.3. The Morgan fingerprint density at radius 2 is 1.72 bits per heavy atom. The van der Waals surface area contributed by atoms with Gasteiger partial charge in [0.05, 0.1) is 0 Å². The molecule has 4 nitrogen and oxygen atoms in total. The predicted molar refractivity (Wildman–Crippen MR) is 104 cm³/mol. The van der Waals surface area contributed by atoms with Gasteiger partial charge in [-0.1, -0.05) is 64.6 Å². The zero-order valence-corrected chi connectivity index (χ0v) is 16.9. The summed E-state index contributed by atoms with van der Waals surface area (Å²) in [6, 6.07) is 0. The third-order valence-electron chi connectivity index (χ3n) is 5.28. The maximum Gasteiger partial charge on any atom is 0.244 e. The summed E-state index contributed by atoms with van der Waals surface area (Å²) in [4.78, 5) is 35.5. The summed E-state index contributed by atoms with van der Waals surface area (Å²) in [6.45, 7) is 8.42. The van der Waals surface area contributed by atoms with Gasteiger partial charge in [-0.05, 0) is 30.6 Å². The highest BCUT2D eigenvalue weighted by molar-refractivity contribution is 8.16. The van der Waals surface area contributed by atoms with Gasteiger partial charge >= 0.3 is 0 Å². The summed E-state index contributed by atoms with van der Waals surface area (Å²) < 4.78 is 0. The highest BCUT2D eigenvalue weighted by Crippen LogP contribution is 2.53. The van der Waals surface area contributed by atoms with E-state index in [2.05, 4.69) is 12.2 Å². The van der Waals surface area contributed by atoms with Crippen LogP contribution in [0.1, 0.15) is 72.6 Å². The molecular formula is C20H33NO3S. The molecule has 2 unspecified atom stereocenters. The van der Waals surface area contributed by atoms with Gasteiger partial charge in [-0.15, -0.1) is 0 Å². The number of carbonyl (C=O) groups excluding carboxylic acids is 3. The fraction of sp³-hybridized carbons (Fsp3) is 0.750. The van der Waals surface area contributed by atoms with E-state index < -0.39 is 0 Å². The maximum atomic E-state index is 12.2. The number of rotatable bonds is 11. The summed E-state index contributed by atoms with van der Waals surface area (Å²) in [5.74, 6) is -0.124. The molecule has 1 amide bonds. The Kier molecular flexibility index (Phi) is 9.47. The molecule has 142 valence electrons. The van der Waals surface area contributed by atoms with Crippen LogP contribution in [0.3, 0.4) is 0 Å². The van der Waals surface area contributed by atoms with Crippen molar-refractivity contribution in [3.63, 3.8) is 0 Å². The number of ketones is 1. The van der Waals surface area contributed by atoms with E-state index in [0.29, 0.717) is 13.0 Å². The normalized spacial score (nSPS) is 21.8. The summed E-state index contributed by atoms with van der Waals surface area (Å²) in [6.07, 6.45) is 9.22. The summed E-state index contributed by atoms with van der Waals surface area (Å²) >= 11 is 1.07. The van der Waals surface area contributed by atoms with Crippen molar-refractivity contribution in [1.82, 2.24) is 5.32 Å². The molecule has 0 bridgehead atoms. The van der Waals surface area contributed by atoms with Gasteiger partial charge in [0.25, 0.3) is 0 Å². The van der Waals surface area contributed by atoms with Crippen LogP contribution < -0.4 is 5.32 Å². The largest absolute Gasteiger partial charge is 0.353 e. The second-order valence-electron chi connectivity index (χ2n) is 7.57. The lowest BCUT2D eigenvalue weighted by Gasteiger charge is -2.49. The van der Waals surface area contributed by atoms with E-state index >= 15 is 0 Å². The van der Waals surface area contributed by atoms with Gasteiger partial charge in [-0.2, -0.15) is 0 Å². The van der Waals surface area contributed by atoms with Gasteiger partial charge in [-0.3, -0.25) is 14.4 Å². The van der Waals surface area contributed by atoms with Crippen molar-refractivity contribution in [3.05, 3.63) is 11.5 Å². The number of hydrogen-bond acceptors (Lipinski definition) is 4. The Morgan fingerprint density at radius 3 is 2.32 bits per heavy atom. The van der Waals surface area contributed by atoms with Gasteiger partial charge in [0, 0.05) is 24.5 Å². The molecule has 0 aromatic carbocycles. The second kappa shape index (κ2) is 10.8. The zero-order valence-electron chi connectivity index (χ0n) is 16.1. The fourth-order valence-electron chi connectivity index (χ4n) is 3.44. The first-order chi connectivity index (χ1) is 11.8. The highest BCUT2D eigenvalue weighted by atomic mass is 32.2. The lowest BCUT2D eigenvalue weighted by Crippen LogP contribution is -2.50. The van der Waals surface area contributed by atoms with Crippen molar-refractivity contribution in [3.8, 4) is 0 Å². The van der Waals surface area contributed by atoms with Crippen LogP contribution in [0.2, 0.25) is 0 Å². The van der Waals surface area contributed by atoms with E-state index in [-0.39, 0.29) is 34.1 Å². The molecular weight excluding hydrogens is 334 g/mol. The van der Waals surface area contributed by atoms with Crippen LogP contribution in [0.4, 0.5) is 0 Å². The van der Waals surface area contributed by atoms with Crippen molar-refractivity contribution in [2.75, 3.05) is 6.54 Å². The molecule has 1 N–H and O–H groups in total. The number of carbonyl (C=O) groups is 3. The number of thioether (sulfide) groups is 1. The Hall–Kier alpha value is -1.10. The smallest absolute Gasteiger partial charge is 0.244 e. The number of nitrogens with one attached hydrogen (secondary N) is 1. The lowest BCUT2D eigenvalue weighted by molar-refractivity contribution is -0.142. The van der Waals surface area contributed by atoms with Crippen LogP contribution in [0, 0.1) is 17.3 Å². The number of Topliss-reactive ketones (excluding diaryl/α,β-unsaturated/α-hetero) is 1. The zero-order chi connectivity index (χ0) is 18.9. The third-order valence-corrected chi connectivity index (χ3v) is 6.07. The first kappa shape index (κ1) is 21.9. The fourth-order valence-corrected chi connectivity index (χ4v) is 4.33. The van der Waals surface area contributed by atoms with Crippen molar-refractivity contribution < 1.29 is 14.4 Å². The van der Waals surface area contributed by atoms with Crippen molar-refractivity contribution in [1.29, 1.82) is 0 Å². The average molecular weight is 368 g/mol. The monoisotopic (exact) mass is 367 g/mol. The summed E-state index contributed by atoms with van der Waals surface area (Å²) in [5.41, 5.74) is -0.274. The van der Waals surface area contributed by atoms with Crippen LogP contribution in [-0.4, -0.2) is 23.4 Å². The summed E-state index contributed by atoms with van der Waals surface area (Å²) in [7, 11) is 0. The van der Waals surface area contributed by atoms with E-state index in [1.54, 1.807) is 12.3 Å². The Balaban J connectivity index is 2.19. The minimum absolute atomic E-state index is 0.0216. The van der Waals surface area contributed by atoms with Crippen LogP contribution in [0.5, 0.6) is 0 Å². The molecule has 0 aromatic rings. The minimum Gasteiger partial charge on any atom is -0.353 e. The van der Waals surface area contributed by atoms with Gasteiger partial charge < -0.3 is 5.32 Å². The first-order valence-electron chi connectivity index (χ1n) is 9.46. The van der Waals surface area contributed by atoms with E-state index in [1.807, 2.05) is 13.8 Å². The van der Waals surface area contributed by atoms with Crippen molar-refractivity contribution in [2.24, 2.45) is 17.3 Å². The number of amides is 1. The van der Waals surface area contributed by atoms with Crippen molar-refractivity contribution in [2.45, 2.75) is 72.6 Å².